The first-order valence-electron chi connectivity index (χ1n) is 8.43. The van der Waals surface area contributed by atoms with E-state index in [0.717, 1.165) is 43.3 Å². The Balaban J connectivity index is 1.82. The lowest BCUT2D eigenvalue weighted by atomic mass is 10.1. The normalized spacial score (nSPS) is 15.9. The molecule has 0 atom stereocenters. The molecule has 5 heteroatoms. The molecule has 1 aromatic heterocycles. The van der Waals surface area contributed by atoms with Crippen LogP contribution in [0.3, 0.4) is 0 Å². The number of aromatic nitrogens is 3. The van der Waals surface area contributed by atoms with Crippen molar-refractivity contribution in [2.24, 2.45) is 0 Å². The van der Waals surface area contributed by atoms with Gasteiger partial charge in [0.1, 0.15) is 5.69 Å². The van der Waals surface area contributed by atoms with Crippen molar-refractivity contribution in [2.45, 2.75) is 27.2 Å². The highest BCUT2D eigenvalue weighted by atomic mass is 15.3. The number of nitrogens with zero attached hydrogens (tertiary/aromatic N) is 5. The van der Waals surface area contributed by atoms with Crippen LogP contribution >= 0.6 is 0 Å². The number of hydrogen-bond acceptors (Lipinski definition) is 5. The minimum atomic E-state index is 0.713. The lowest BCUT2D eigenvalue weighted by Crippen LogP contribution is -2.47. The van der Waals surface area contributed by atoms with Gasteiger partial charge in [0.2, 0.25) is 0 Å². The van der Waals surface area contributed by atoms with Gasteiger partial charge in [-0.1, -0.05) is 30.7 Å². The standard InChI is InChI=1S/C18H25N5/c1-4-8-22-9-11-23(12-10-22)18-15(3)20-21-17(19-18)16-7-5-6-14(2)13-16/h5-7,13H,4,8-12H2,1-3H3. The number of piperazine rings is 1. The van der Waals surface area contributed by atoms with E-state index in [9.17, 15) is 0 Å². The molecule has 0 bridgehead atoms. The Labute approximate surface area is 138 Å². The smallest absolute Gasteiger partial charge is 0.183 e. The summed E-state index contributed by atoms with van der Waals surface area (Å²) in [7, 11) is 0. The van der Waals surface area contributed by atoms with E-state index in [2.05, 4.69) is 46.0 Å². The first kappa shape index (κ1) is 15.9. The van der Waals surface area contributed by atoms with Gasteiger partial charge >= 0.3 is 0 Å². The summed E-state index contributed by atoms with van der Waals surface area (Å²) in [5.74, 6) is 1.69. The van der Waals surface area contributed by atoms with E-state index in [4.69, 9.17) is 4.98 Å². The van der Waals surface area contributed by atoms with Gasteiger partial charge in [0, 0.05) is 31.7 Å². The van der Waals surface area contributed by atoms with E-state index in [-0.39, 0.29) is 0 Å². The molecule has 1 aromatic carbocycles. The third-order valence-electron chi connectivity index (χ3n) is 4.32. The molecule has 0 N–H and O–H groups in total. The zero-order valence-corrected chi connectivity index (χ0v) is 14.3. The average Bonchev–Trinajstić information content (AvgIpc) is 2.56. The van der Waals surface area contributed by atoms with Crippen LogP contribution in [0, 0.1) is 13.8 Å². The van der Waals surface area contributed by atoms with Crippen LogP contribution in [0.25, 0.3) is 11.4 Å². The molecule has 1 aliphatic rings. The lowest BCUT2D eigenvalue weighted by Gasteiger charge is -2.35. The Morgan fingerprint density at radius 2 is 1.83 bits per heavy atom. The average molecular weight is 311 g/mol. The van der Waals surface area contributed by atoms with Crippen LogP contribution in [0.15, 0.2) is 24.3 Å². The monoisotopic (exact) mass is 311 g/mol. The van der Waals surface area contributed by atoms with Crippen molar-refractivity contribution in [3.8, 4) is 11.4 Å². The highest BCUT2D eigenvalue weighted by molar-refractivity contribution is 5.58. The van der Waals surface area contributed by atoms with Crippen LogP contribution in [-0.2, 0) is 0 Å². The van der Waals surface area contributed by atoms with Crippen LogP contribution in [0.2, 0.25) is 0 Å². The number of hydrogen-bond donors (Lipinski definition) is 0. The predicted octanol–water partition coefficient (Wildman–Crippen LogP) is 2.69. The van der Waals surface area contributed by atoms with E-state index in [1.165, 1.54) is 18.5 Å². The van der Waals surface area contributed by atoms with Gasteiger partial charge in [0.05, 0.1) is 0 Å². The minimum absolute atomic E-state index is 0.713. The van der Waals surface area contributed by atoms with Gasteiger partial charge in [0.15, 0.2) is 11.6 Å². The van der Waals surface area contributed by atoms with Gasteiger partial charge in [-0.2, -0.15) is 0 Å². The zero-order chi connectivity index (χ0) is 16.2. The van der Waals surface area contributed by atoms with Crippen LogP contribution < -0.4 is 4.90 Å². The summed E-state index contributed by atoms with van der Waals surface area (Å²) in [6.45, 7) is 11.7. The summed E-state index contributed by atoms with van der Waals surface area (Å²) in [5, 5.41) is 8.64. The van der Waals surface area contributed by atoms with Crippen molar-refractivity contribution in [1.82, 2.24) is 20.1 Å². The molecule has 1 aliphatic heterocycles. The maximum atomic E-state index is 4.81. The van der Waals surface area contributed by atoms with Gasteiger partial charge < -0.3 is 4.90 Å². The molecule has 0 aliphatic carbocycles. The zero-order valence-electron chi connectivity index (χ0n) is 14.3. The number of benzene rings is 1. The van der Waals surface area contributed by atoms with Crippen molar-refractivity contribution in [2.75, 3.05) is 37.6 Å². The lowest BCUT2D eigenvalue weighted by molar-refractivity contribution is 0.257. The quantitative estimate of drug-likeness (QED) is 0.868. The molecule has 0 unspecified atom stereocenters. The van der Waals surface area contributed by atoms with Gasteiger partial charge in [-0.25, -0.2) is 4.98 Å². The molecule has 0 radical (unpaired) electrons. The minimum Gasteiger partial charge on any atom is -0.352 e. The summed E-state index contributed by atoms with van der Waals surface area (Å²) in [5.41, 5.74) is 3.15. The molecule has 0 spiro atoms. The van der Waals surface area contributed by atoms with Crippen LogP contribution in [0.1, 0.15) is 24.6 Å². The molecule has 2 heterocycles. The molecule has 122 valence electrons. The predicted molar refractivity (Wildman–Crippen MR) is 93.7 cm³/mol. The number of aryl methyl sites for hydroxylation is 2. The van der Waals surface area contributed by atoms with E-state index < -0.39 is 0 Å². The second-order valence-corrected chi connectivity index (χ2v) is 6.24. The van der Waals surface area contributed by atoms with Gasteiger partial charge in [-0.15, -0.1) is 10.2 Å². The molecule has 0 amide bonds. The Kier molecular flexibility index (Phi) is 4.86. The van der Waals surface area contributed by atoms with E-state index >= 15 is 0 Å². The third-order valence-corrected chi connectivity index (χ3v) is 4.32. The summed E-state index contributed by atoms with van der Waals surface area (Å²) < 4.78 is 0. The van der Waals surface area contributed by atoms with E-state index in [1.807, 2.05) is 19.1 Å². The molecular weight excluding hydrogens is 286 g/mol. The first-order chi connectivity index (χ1) is 11.2. The SMILES string of the molecule is CCCN1CCN(c2nc(-c3cccc(C)c3)nnc2C)CC1. The maximum Gasteiger partial charge on any atom is 0.183 e. The second-order valence-electron chi connectivity index (χ2n) is 6.24. The Morgan fingerprint density at radius 3 is 2.52 bits per heavy atom. The van der Waals surface area contributed by atoms with Crippen LogP contribution in [0.4, 0.5) is 5.82 Å². The summed E-state index contributed by atoms with van der Waals surface area (Å²) in [6.07, 6.45) is 1.21. The fourth-order valence-electron chi connectivity index (χ4n) is 3.08. The highest BCUT2D eigenvalue weighted by Crippen LogP contribution is 2.22. The first-order valence-corrected chi connectivity index (χ1v) is 8.43. The molecule has 3 rings (SSSR count). The fourth-order valence-corrected chi connectivity index (χ4v) is 3.08. The highest BCUT2D eigenvalue weighted by Gasteiger charge is 2.20. The van der Waals surface area contributed by atoms with E-state index in [0.29, 0.717) is 5.82 Å². The van der Waals surface area contributed by atoms with Crippen LogP contribution in [0.5, 0.6) is 0 Å². The molecule has 5 nitrogen and oxygen atoms in total. The van der Waals surface area contributed by atoms with Gasteiger partial charge in [-0.3, -0.25) is 4.90 Å². The number of rotatable bonds is 4. The van der Waals surface area contributed by atoms with Crippen molar-refractivity contribution < 1.29 is 0 Å². The maximum absolute atomic E-state index is 4.81. The molecule has 0 saturated carbocycles. The van der Waals surface area contributed by atoms with E-state index in [1.54, 1.807) is 0 Å². The Morgan fingerprint density at radius 1 is 1.04 bits per heavy atom. The summed E-state index contributed by atoms with van der Waals surface area (Å²) >= 11 is 0. The summed E-state index contributed by atoms with van der Waals surface area (Å²) in [4.78, 5) is 9.67. The van der Waals surface area contributed by atoms with Gasteiger partial charge in [-0.05, 0) is 32.9 Å². The van der Waals surface area contributed by atoms with Crippen molar-refractivity contribution in [3.05, 3.63) is 35.5 Å². The molecule has 23 heavy (non-hydrogen) atoms. The topological polar surface area (TPSA) is 45.2 Å². The van der Waals surface area contributed by atoms with Crippen LogP contribution in [-0.4, -0.2) is 52.8 Å². The molecular formula is C18H25N5. The number of anilines is 1. The van der Waals surface area contributed by atoms with Crippen molar-refractivity contribution in [3.63, 3.8) is 0 Å². The Bertz CT molecular complexity index is 662. The summed E-state index contributed by atoms with van der Waals surface area (Å²) in [6, 6.07) is 8.27. The van der Waals surface area contributed by atoms with Crippen molar-refractivity contribution in [1.29, 1.82) is 0 Å². The van der Waals surface area contributed by atoms with Crippen molar-refractivity contribution >= 4 is 5.82 Å². The molecule has 1 saturated heterocycles. The fraction of sp³-hybridized carbons (Fsp3) is 0.500. The largest absolute Gasteiger partial charge is 0.352 e. The molecule has 1 fully saturated rings. The molecule has 2 aromatic rings. The Hall–Kier alpha value is -2.01. The third kappa shape index (κ3) is 3.67. The second kappa shape index (κ2) is 7.04. The van der Waals surface area contributed by atoms with Gasteiger partial charge in [0.25, 0.3) is 0 Å².